The van der Waals surface area contributed by atoms with E-state index in [1.54, 1.807) is 7.11 Å². The van der Waals surface area contributed by atoms with E-state index in [9.17, 15) is 0 Å². The van der Waals surface area contributed by atoms with Crippen LogP contribution in [0, 0.1) is 0 Å². The van der Waals surface area contributed by atoms with Crippen molar-refractivity contribution in [2.24, 2.45) is 0 Å². The van der Waals surface area contributed by atoms with Gasteiger partial charge in [-0.1, -0.05) is 12.8 Å². The summed E-state index contributed by atoms with van der Waals surface area (Å²) in [6.45, 7) is 5.79. The zero-order valence-electron chi connectivity index (χ0n) is 11.8. The molecule has 0 amide bonds. The molecule has 1 saturated carbocycles. The molecule has 0 atom stereocenters. The lowest BCUT2D eigenvalue weighted by molar-refractivity contribution is 0.127. The average molecular weight is 251 g/mol. The maximum absolute atomic E-state index is 5.19. The third-order valence-corrected chi connectivity index (χ3v) is 3.62. The van der Waals surface area contributed by atoms with E-state index < -0.39 is 0 Å². The Kier molecular flexibility index (Phi) is 4.40. The Morgan fingerprint density at radius 2 is 2.17 bits per heavy atom. The summed E-state index contributed by atoms with van der Waals surface area (Å²) in [6.07, 6.45) is 7.38. The van der Waals surface area contributed by atoms with Crippen molar-refractivity contribution in [3.63, 3.8) is 0 Å². The lowest BCUT2D eigenvalue weighted by Gasteiger charge is -2.24. The molecule has 0 unspecified atom stereocenters. The molecule has 1 N–H and O–H groups in total. The Morgan fingerprint density at radius 1 is 1.44 bits per heavy atom. The van der Waals surface area contributed by atoms with Crippen molar-refractivity contribution >= 4 is 0 Å². The Balaban J connectivity index is 1.86. The van der Waals surface area contributed by atoms with Gasteiger partial charge in [-0.25, -0.2) is 0 Å². The van der Waals surface area contributed by atoms with Gasteiger partial charge in [0, 0.05) is 25.4 Å². The smallest absolute Gasteiger partial charge is 0.0762 e. The second-order valence-corrected chi connectivity index (χ2v) is 5.90. The second kappa shape index (κ2) is 5.85. The largest absolute Gasteiger partial charge is 0.383 e. The lowest BCUT2D eigenvalue weighted by atomic mass is 10.1. The van der Waals surface area contributed by atoms with Gasteiger partial charge in [-0.2, -0.15) is 5.10 Å². The predicted molar refractivity (Wildman–Crippen MR) is 72.5 cm³/mol. The summed E-state index contributed by atoms with van der Waals surface area (Å²) in [4.78, 5) is 0. The third kappa shape index (κ3) is 3.56. The van der Waals surface area contributed by atoms with E-state index in [0.717, 1.165) is 12.2 Å². The van der Waals surface area contributed by atoms with Crippen molar-refractivity contribution in [2.75, 3.05) is 13.7 Å². The molecule has 1 fully saturated rings. The van der Waals surface area contributed by atoms with Crippen LogP contribution >= 0.6 is 0 Å². The van der Waals surface area contributed by atoms with Gasteiger partial charge in [0.05, 0.1) is 18.3 Å². The van der Waals surface area contributed by atoms with Crippen LogP contribution in [0.25, 0.3) is 0 Å². The van der Waals surface area contributed by atoms with Crippen molar-refractivity contribution in [3.8, 4) is 0 Å². The first-order valence-corrected chi connectivity index (χ1v) is 6.89. The van der Waals surface area contributed by atoms with E-state index >= 15 is 0 Å². The second-order valence-electron chi connectivity index (χ2n) is 5.90. The maximum Gasteiger partial charge on any atom is 0.0762 e. The highest BCUT2D eigenvalue weighted by Crippen LogP contribution is 2.28. The molecule has 1 aliphatic rings. The molecule has 4 heteroatoms. The fourth-order valence-electron chi connectivity index (χ4n) is 2.59. The molecule has 2 rings (SSSR count). The van der Waals surface area contributed by atoms with Crippen LogP contribution < -0.4 is 5.32 Å². The summed E-state index contributed by atoms with van der Waals surface area (Å²) in [5, 5.41) is 8.15. The summed E-state index contributed by atoms with van der Waals surface area (Å²) >= 11 is 0. The molecule has 1 aromatic rings. The summed E-state index contributed by atoms with van der Waals surface area (Å²) in [5.41, 5.74) is 1.11. The fourth-order valence-corrected chi connectivity index (χ4v) is 2.59. The number of nitrogens with zero attached hydrogens (tertiary/aromatic N) is 2. The molecule has 0 aliphatic heterocycles. The van der Waals surface area contributed by atoms with Gasteiger partial charge in [0.15, 0.2) is 0 Å². The van der Waals surface area contributed by atoms with Gasteiger partial charge < -0.3 is 10.1 Å². The maximum atomic E-state index is 5.19. The van der Waals surface area contributed by atoms with Gasteiger partial charge >= 0.3 is 0 Å². The molecule has 0 aromatic carbocycles. The molecule has 0 saturated heterocycles. The van der Waals surface area contributed by atoms with Crippen molar-refractivity contribution in [2.45, 2.75) is 57.7 Å². The van der Waals surface area contributed by atoms with Crippen LogP contribution in [0.15, 0.2) is 12.3 Å². The van der Waals surface area contributed by atoms with E-state index in [2.05, 4.69) is 41.2 Å². The van der Waals surface area contributed by atoms with E-state index in [1.807, 2.05) is 0 Å². The monoisotopic (exact) mass is 251 g/mol. The molecule has 102 valence electrons. The van der Waals surface area contributed by atoms with Crippen molar-refractivity contribution in [3.05, 3.63) is 18.0 Å². The normalized spacial score (nSPS) is 17.5. The minimum Gasteiger partial charge on any atom is -0.383 e. The first-order chi connectivity index (χ1) is 8.61. The zero-order valence-corrected chi connectivity index (χ0v) is 11.8. The number of aromatic nitrogens is 2. The number of hydrogen-bond donors (Lipinski definition) is 1. The standard InChI is InChI=1S/C14H25N3O/c1-14(2,11-18-3)15-10-12-8-9-17(16-12)13-6-4-5-7-13/h8-9,13,15H,4-7,10-11H2,1-3H3. The third-order valence-electron chi connectivity index (χ3n) is 3.62. The van der Waals surface area contributed by atoms with Crippen molar-refractivity contribution < 1.29 is 4.74 Å². The Morgan fingerprint density at radius 3 is 2.83 bits per heavy atom. The van der Waals surface area contributed by atoms with E-state index in [1.165, 1.54) is 25.7 Å². The van der Waals surface area contributed by atoms with Gasteiger partial charge in [-0.3, -0.25) is 4.68 Å². The number of ether oxygens (including phenoxy) is 1. The van der Waals surface area contributed by atoms with Gasteiger partial charge in [0.25, 0.3) is 0 Å². The number of methoxy groups -OCH3 is 1. The van der Waals surface area contributed by atoms with Gasteiger partial charge in [0.1, 0.15) is 0 Å². The van der Waals surface area contributed by atoms with Gasteiger partial charge in [-0.15, -0.1) is 0 Å². The fraction of sp³-hybridized carbons (Fsp3) is 0.786. The number of nitrogens with one attached hydrogen (secondary N) is 1. The first-order valence-electron chi connectivity index (χ1n) is 6.89. The Labute approximate surface area is 110 Å². The summed E-state index contributed by atoms with van der Waals surface area (Å²) < 4.78 is 7.34. The van der Waals surface area contributed by atoms with E-state index in [-0.39, 0.29) is 5.54 Å². The molecule has 0 bridgehead atoms. The minimum atomic E-state index is -0.00805. The minimum absolute atomic E-state index is 0.00805. The average Bonchev–Trinajstić information content (AvgIpc) is 2.97. The summed E-state index contributed by atoms with van der Waals surface area (Å²) in [6, 6.07) is 2.75. The van der Waals surface area contributed by atoms with Crippen molar-refractivity contribution in [1.82, 2.24) is 15.1 Å². The number of hydrogen-bond acceptors (Lipinski definition) is 3. The summed E-state index contributed by atoms with van der Waals surface area (Å²) in [7, 11) is 1.73. The first kappa shape index (κ1) is 13.6. The van der Waals surface area contributed by atoms with Gasteiger partial charge in [-0.05, 0) is 32.8 Å². The van der Waals surface area contributed by atoms with Crippen LogP contribution in [0.4, 0.5) is 0 Å². The van der Waals surface area contributed by atoms with Crippen LogP contribution in [-0.4, -0.2) is 29.0 Å². The molecule has 18 heavy (non-hydrogen) atoms. The molecule has 1 heterocycles. The molecule has 0 radical (unpaired) electrons. The highest BCUT2D eigenvalue weighted by atomic mass is 16.5. The Bertz CT molecular complexity index is 367. The van der Waals surface area contributed by atoms with Crippen LogP contribution in [0.3, 0.4) is 0 Å². The highest BCUT2D eigenvalue weighted by molar-refractivity contribution is 5.01. The summed E-state index contributed by atoms with van der Waals surface area (Å²) in [5.74, 6) is 0. The lowest BCUT2D eigenvalue weighted by Crippen LogP contribution is -2.42. The predicted octanol–water partition coefficient (Wildman–Crippen LogP) is 2.51. The van der Waals surface area contributed by atoms with Crippen LogP contribution in [-0.2, 0) is 11.3 Å². The highest BCUT2D eigenvalue weighted by Gasteiger charge is 2.19. The molecule has 1 aromatic heterocycles. The van der Waals surface area contributed by atoms with Crippen molar-refractivity contribution in [1.29, 1.82) is 0 Å². The van der Waals surface area contributed by atoms with Crippen LogP contribution in [0.2, 0.25) is 0 Å². The molecule has 1 aliphatic carbocycles. The molecule has 0 spiro atoms. The number of rotatable bonds is 6. The SMILES string of the molecule is COCC(C)(C)NCc1ccn(C2CCCC2)n1. The topological polar surface area (TPSA) is 39.1 Å². The quantitative estimate of drug-likeness (QED) is 0.844. The van der Waals surface area contributed by atoms with Gasteiger partial charge in [0.2, 0.25) is 0 Å². The van der Waals surface area contributed by atoms with E-state index in [4.69, 9.17) is 4.74 Å². The van der Waals surface area contributed by atoms with Crippen LogP contribution in [0.1, 0.15) is 51.3 Å². The van der Waals surface area contributed by atoms with E-state index in [0.29, 0.717) is 12.6 Å². The van der Waals surface area contributed by atoms with Crippen LogP contribution in [0.5, 0.6) is 0 Å². The molecular formula is C14H25N3O. The molecular weight excluding hydrogens is 226 g/mol. The Hall–Kier alpha value is -0.870. The zero-order chi connectivity index (χ0) is 13.0. The molecule has 4 nitrogen and oxygen atoms in total.